The molecule has 7 heteroatoms. The van der Waals surface area contributed by atoms with Gasteiger partial charge in [-0.2, -0.15) is 0 Å². The molecule has 188 valence electrons. The molecule has 36 heavy (non-hydrogen) atoms. The molecule has 5 nitrogen and oxygen atoms in total. The van der Waals surface area contributed by atoms with Gasteiger partial charge in [0.15, 0.2) is 0 Å². The Morgan fingerprint density at radius 1 is 1.03 bits per heavy atom. The molecule has 1 aliphatic carbocycles. The van der Waals surface area contributed by atoms with Crippen LogP contribution in [0.1, 0.15) is 44.1 Å². The molecule has 0 fully saturated rings. The zero-order valence-electron chi connectivity index (χ0n) is 20.9. The Morgan fingerprint density at radius 2 is 1.67 bits per heavy atom. The van der Waals surface area contributed by atoms with Crippen LogP contribution in [0.2, 0.25) is 5.02 Å². The maximum Gasteiger partial charge on any atom is 0.260 e. The number of nitrogens with one attached hydrogen (secondary N) is 1. The molecule has 1 aliphatic rings. The molecule has 0 radical (unpaired) electrons. The number of hydrogen-bond donors (Lipinski definition) is 1. The molecule has 2 heterocycles. The molecule has 0 aliphatic heterocycles. The molecular formula is C29H31ClN2O3S. The first-order chi connectivity index (χ1) is 17.3. The van der Waals surface area contributed by atoms with Crippen LogP contribution < -0.4 is 15.0 Å². The minimum absolute atomic E-state index is 0.0391. The molecule has 5 rings (SSSR count). The molecular weight excluding hydrogens is 492 g/mol. The van der Waals surface area contributed by atoms with Gasteiger partial charge in [-0.05, 0) is 84.7 Å². The standard InChI is InChI=1S/C29H31ClN2O3S/c1-29(2,3)19-7-14-23-24(17-19)36-28-25(23)27(33)31-26(32-28)18-5-10-21(11-6-18)34-15-4-16-35-22-12-8-20(30)9-13-22/h5-6,8-13,19H,4,7,14-17H2,1-3H3,(H,31,32,33)/t19-/m0/s1. The number of aryl methyl sites for hydroxylation is 1. The van der Waals surface area contributed by atoms with Crippen molar-refractivity contribution in [3.05, 3.63) is 74.3 Å². The fourth-order valence-corrected chi connectivity index (χ4v) is 6.16. The highest BCUT2D eigenvalue weighted by Crippen LogP contribution is 2.42. The summed E-state index contributed by atoms with van der Waals surface area (Å²) in [6.45, 7) is 8.03. The van der Waals surface area contributed by atoms with Crippen molar-refractivity contribution in [2.75, 3.05) is 13.2 Å². The summed E-state index contributed by atoms with van der Waals surface area (Å²) in [5.41, 5.74) is 2.31. The number of aromatic amines is 1. The summed E-state index contributed by atoms with van der Waals surface area (Å²) in [6.07, 6.45) is 3.87. The van der Waals surface area contributed by atoms with E-state index in [1.165, 1.54) is 10.4 Å². The quantitative estimate of drug-likeness (QED) is 0.258. The largest absolute Gasteiger partial charge is 0.493 e. The van der Waals surface area contributed by atoms with Gasteiger partial charge in [0.05, 0.1) is 18.6 Å². The lowest BCUT2D eigenvalue weighted by Crippen LogP contribution is -2.26. The second-order valence-corrected chi connectivity index (χ2v) is 12.0. The summed E-state index contributed by atoms with van der Waals surface area (Å²) in [7, 11) is 0. The fourth-order valence-electron chi connectivity index (χ4n) is 4.74. The first-order valence-corrected chi connectivity index (χ1v) is 13.6. The van der Waals surface area contributed by atoms with Gasteiger partial charge >= 0.3 is 0 Å². The van der Waals surface area contributed by atoms with E-state index in [4.69, 9.17) is 26.1 Å². The monoisotopic (exact) mass is 522 g/mol. The number of nitrogens with zero attached hydrogens (tertiary/aromatic N) is 1. The van der Waals surface area contributed by atoms with E-state index in [0.29, 0.717) is 30.0 Å². The Balaban J connectivity index is 1.22. The normalized spacial score (nSPS) is 15.6. The predicted octanol–water partition coefficient (Wildman–Crippen LogP) is 7.30. The first kappa shape index (κ1) is 24.8. The molecule has 0 spiro atoms. The highest BCUT2D eigenvalue weighted by Gasteiger charge is 2.31. The van der Waals surface area contributed by atoms with Crippen molar-refractivity contribution < 1.29 is 9.47 Å². The number of benzene rings is 2. The maximum absolute atomic E-state index is 13.0. The number of rotatable bonds is 7. The van der Waals surface area contributed by atoms with Crippen molar-refractivity contribution in [2.24, 2.45) is 11.3 Å². The maximum atomic E-state index is 13.0. The molecule has 4 aromatic rings. The molecule has 2 aromatic carbocycles. The van der Waals surface area contributed by atoms with Gasteiger partial charge in [-0.25, -0.2) is 4.98 Å². The van der Waals surface area contributed by atoms with Gasteiger partial charge in [0.1, 0.15) is 22.2 Å². The van der Waals surface area contributed by atoms with Crippen LogP contribution in [0.3, 0.4) is 0 Å². The summed E-state index contributed by atoms with van der Waals surface area (Å²) in [5.74, 6) is 2.80. The van der Waals surface area contributed by atoms with Gasteiger partial charge in [0.25, 0.3) is 5.56 Å². The third kappa shape index (κ3) is 5.45. The highest BCUT2D eigenvalue weighted by molar-refractivity contribution is 7.18. The van der Waals surface area contributed by atoms with Gasteiger partial charge in [-0.3, -0.25) is 4.79 Å². The number of hydrogen-bond acceptors (Lipinski definition) is 5. The summed E-state index contributed by atoms with van der Waals surface area (Å²) >= 11 is 7.58. The molecule has 1 N–H and O–H groups in total. The summed E-state index contributed by atoms with van der Waals surface area (Å²) < 4.78 is 11.5. The van der Waals surface area contributed by atoms with Crippen LogP contribution >= 0.6 is 22.9 Å². The van der Waals surface area contributed by atoms with Gasteiger partial charge in [-0.1, -0.05) is 32.4 Å². The Kier molecular flexibility index (Phi) is 7.09. The number of H-pyrrole nitrogens is 1. The number of fused-ring (bicyclic) bond motifs is 3. The zero-order valence-corrected chi connectivity index (χ0v) is 22.5. The first-order valence-electron chi connectivity index (χ1n) is 12.4. The van der Waals surface area contributed by atoms with Gasteiger partial charge in [0, 0.05) is 21.9 Å². The number of ether oxygens (including phenoxy) is 2. The van der Waals surface area contributed by atoms with E-state index < -0.39 is 0 Å². The van der Waals surface area contributed by atoms with Crippen molar-refractivity contribution in [1.29, 1.82) is 0 Å². The Labute approximate surface area is 220 Å². The smallest absolute Gasteiger partial charge is 0.260 e. The summed E-state index contributed by atoms with van der Waals surface area (Å²) in [6, 6.07) is 15.0. The van der Waals surface area contributed by atoms with Gasteiger partial charge in [-0.15, -0.1) is 11.3 Å². The van der Waals surface area contributed by atoms with Crippen LogP contribution in [0.15, 0.2) is 53.3 Å². The van der Waals surface area contributed by atoms with E-state index in [2.05, 4.69) is 25.8 Å². The number of aromatic nitrogens is 2. The number of halogens is 1. The van der Waals surface area contributed by atoms with Crippen molar-refractivity contribution in [1.82, 2.24) is 9.97 Å². The second kappa shape index (κ2) is 10.3. The van der Waals surface area contributed by atoms with E-state index >= 15 is 0 Å². The van der Waals surface area contributed by atoms with E-state index in [9.17, 15) is 4.79 Å². The molecule has 1 atom stereocenters. The van der Waals surface area contributed by atoms with Crippen LogP contribution in [-0.4, -0.2) is 23.2 Å². The topological polar surface area (TPSA) is 64.2 Å². The Hall–Kier alpha value is -2.83. The average Bonchev–Trinajstić information content (AvgIpc) is 3.23. The van der Waals surface area contributed by atoms with Crippen LogP contribution in [0.4, 0.5) is 0 Å². The third-order valence-corrected chi connectivity index (χ3v) is 8.31. The molecule has 0 saturated heterocycles. The van der Waals surface area contributed by atoms with Crippen LogP contribution in [0, 0.1) is 11.3 Å². The van der Waals surface area contributed by atoms with Gasteiger partial charge < -0.3 is 14.5 Å². The van der Waals surface area contributed by atoms with Crippen molar-refractivity contribution >= 4 is 33.2 Å². The van der Waals surface area contributed by atoms with Crippen molar-refractivity contribution in [2.45, 2.75) is 46.5 Å². The average molecular weight is 523 g/mol. The molecule has 0 unspecified atom stereocenters. The predicted molar refractivity (Wildman–Crippen MR) is 148 cm³/mol. The van der Waals surface area contributed by atoms with E-state index in [1.807, 2.05) is 48.5 Å². The fraction of sp³-hybridized carbons (Fsp3) is 0.379. The van der Waals surface area contributed by atoms with E-state index in [1.54, 1.807) is 11.3 Å². The highest BCUT2D eigenvalue weighted by atomic mass is 35.5. The minimum Gasteiger partial charge on any atom is -0.493 e. The number of thiophene rings is 1. The molecule has 2 aromatic heterocycles. The molecule has 0 amide bonds. The minimum atomic E-state index is -0.0391. The zero-order chi connectivity index (χ0) is 25.3. The van der Waals surface area contributed by atoms with E-state index in [-0.39, 0.29) is 11.0 Å². The van der Waals surface area contributed by atoms with Gasteiger partial charge in [0.2, 0.25) is 0 Å². The third-order valence-electron chi connectivity index (χ3n) is 6.91. The van der Waals surface area contributed by atoms with Crippen LogP contribution in [-0.2, 0) is 12.8 Å². The second-order valence-electron chi connectivity index (χ2n) is 10.4. The van der Waals surface area contributed by atoms with E-state index in [0.717, 1.165) is 53.0 Å². The lowest BCUT2D eigenvalue weighted by atomic mass is 9.72. The SMILES string of the molecule is CC(C)(C)[C@H]1CCc2c(sc3nc(-c4ccc(OCCCOc5ccc(Cl)cc5)cc4)[nH]c(=O)c23)C1. The summed E-state index contributed by atoms with van der Waals surface area (Å²) in [5, 5.41) is 1.48. The molecule has 0 saturated carbocycles. The molecule has 0 bridgehead atoms. The Morgan fingerprint density at radius 3 is 2.31 bits per heavy atom. The van der Waals surface area contributed by atoms with Crippen LogP contribution in [0.5, 0.6) is 11.5 Å². The Bertz CT molecular complexity index is 1400. The van der Waals surface area contributed by atoms with Crippen LogP contribution in [0.25, 0.3) is 21.6 Å². The summed E-state index contributed by atoms with van der Waals surface area (Å²) in [4.78, 5) is 23.1. The lowest BCUT2D eigenvalue weighted by molar-refractivity contribution is 0.218. The lowest BCUT2D eigenvalue weighted by Gasteiger charge is -2.33. The van der Waals surface area contributed by atoms with Crippen molar-refractivity contribution in [3.8, 4) is 22.9 Å². The van der Waals surface area contributed by atoms with Crippen molar-refractivity contribution in [3.63, 3.8) is 0 Å².